The van der Waals surface area contributed by atoms with Crippen LogP contribution in [0.5, 0.6) is 0 Å². The van der Waals surface area contributed by atoms with Crippen LogP contribution in [0.25, 0.3) is 10.9 Å². The Labute approximate surface area is 165 Å². The number of aromatic nitrogens is 2. The SMILES string of the molecule is O=C(NCc1ccoc1)[C@@H](Cc1ccccc1)n1c(=O)[nH]c2ccccc2c1=O. The number of rotatable bonds is 6. The van der Waals surface area contributed by atoms with Gasteiger partial charge in [0, 0.05) is 18.5 Å². The first-order valence-electron chi connectivity index (χ1n) is 9.20. The van der Waals surface area contributed by atoms with Gasteiger partial charge in [0.2, 0.25) is 5.91 Å². The molecule has 1 atom stereocenters. The molecule has 1 amide bonds. The van der Waals surface area contributed by atoms with Gasteiger partial charge in [0.15, 0.2) is 0 Å². The summed E-state index contributed by atoms with van der Waals surface area (Å²) in [6, 6.07) is 16.8. The Morgan fingerprint density at radius 2 is 1.76 bits per heavy atom. The lowest BCUT2D eigenvalue weighted by molar-refractivity contribution is -0.124. The van der Waals surface area contributed by atoms with E-state index < -0.39 is 23.2 Å². The van der Waals surface area contributed by atoms with Crippen LogP contribution in [0.4, 0.5) is 0 Å². The number of H-pyrrole nitrogens is 1. The van der Waals surface area contributed by atoms with Crippen LogP contribution < -0.4 is 16.6 Å². The molecule has 0 radical (unpaired) electrons. The zero-order chi connectivity index (χ0) is 20.2. The highest BCUT2D eigenvalue weighted by molar-refractivity contribution is 5.82. The fraction of sp³-hybridized carbons (Fsp3) is 0.136. The van der Waals surface area contributed by atoms with Gasteiger partial charge in [-0.1, -0.05) is 42.5 Å². The van der Waals surface area contributed by atoms with E-state index in [4.69, 9.17) is 4.42 Å². The van der Waals surface area contributed by atoms with Gasteiger partial charge < -0.3 is 14.7 Å². The standard InChI is InChI=1S/C22H19N3O4/c26-20(23-13-16-10-11-29-14-16)19(12-15-6-2-1-3-7-15)25-21(27)17-8-4-5-9-18(17)24-22(25)28/h1-11,14,19H,12-13H2,(H,23,26)(H,24,28)/t19-/m1/s1. The van der Waals surface area contributed by atoms with Crippen molar-refractivity contribution in [2.24, 2.45) is 0 Å². The molecule has 0 fully saturated rings. The van der Waals surface area contributed by atoms with Gasteiger partial charge in [-0.25, -0.2) is 9.36 Å². The average Bonchev–Trinajstić information content (AvgIpc) is 3.26. The van der Waals surface area contributed by atoms with Gasteiger partial charge >= 0.3 is 5.69 Å². The van der Waals surface area contributed by atoms with Crippen molar-refractivity contribution < 1.29 is 9.21 Å². The third-order valence-electron chi connectivity index (χ3n) is 4.77. The second-order valence-electron chi connectivity index (χ2n) is 6.71. The second-order valence-corrected chi connectivity index (χ2v) is 6.71. The lowest BCUT2D eigenvalue weighted by Crippen LogP contribution is -2.45. The predicted molar refractivity (Wildman–Crippen MR) is 109 cm³/mol. The molecule has 4 rings (SSSR count). The molecule has 0 aliphatic heterocycles. The van der Waals surface area contributed by atoms with E-state index in [0.29, 0.717) is 10.9 Å². The molecule has 146 valence electrons. The monoisotopic (exact) mass is 389 g/mol. The number of fused-ring (bicyclic) bond motifs is 1. The summed E-state index contributed by atoms with van der Waals surface area (Å²) >= 11 is 0. The summed E-state index contributed by atoms with van der Waals surface area (Å²) in [5.41, 5.74) is 0.958. The van der Waals surface area contributed by atoms with E-state index in [9.17, 15) is 14.4 Å². The highest BCUT2D eigenvalue weighted by Gasteiger charge is 2.25. The third-order valence-corrected chi connectivity index (χ3v) is 4.77. The third kappa shape index (κ3) is 3.89. The van der Waals surface area contributed by atoms with Gasteiger partial charge in [0.25, 0.3) is 5.56 Å². The summed E-state index contributed by atoms with van der Waals surface area (Å²) in [7, 11) is 0. The van der Waals surface area contributed by atoms with Crippen molar-refractivity contribution in [1.82, 2.24) is 14.9 Å². The zero-order valence-electron chi connectivity index (χ0n) is 15.5. The number of nitrogens with one attached hydrogen (secondary N) is 2. The Balaban J connectivity index is 1.75. The van der Waals surface area contributed by atoms with Gasteiger partial charge in [-0.3, -0.25) is 9.59 Å². The Hall–Kier alpha value is -3.87. The van der Waals surface area contributed by atoms with Crippen LogP contribution >= 0.6 is 0 Å². The van der Waals surface area contributed by atoms with Gasteiger partial charge in [0.05, 0.1) is 23.4 Å². The first-order chi connectivity index (χ1) is 14.1. The number of hydrogen-bond donors (Lipinski definition) is 2. The number of carbonyl (C=O) groups excluding carboxylic acids is 1. The molecule has 29 heavy (non-hydrogen) atoms. The molecule has 0 saturated heterocycles. The Kier molecular flexibility index (Phi) is 5.11. The molecule has 0 spiro atoms. The van der Waals surface area contributed by atoms with Crippen LogP contribution in [0.15, 0.2) is 87.2 Å². The number of carbonyl (C=O) groups is 1. The summed E-state index contributed by atoms with van der Waals surface area (Å²) in [5.74, 6) is -0.419. The van der Waals surface area contributed by atoms with Crippen molar-refractivity contribution in [3.8, 4) is 0 Å². The fourth-order valence-electron chi connectivity index (χ4n) is 3.30. The fourth-order valence-corrected chi connectivity index (χ4v) is 3.30. The van der Waals surface area contributed by atoms with Crippen LogP contribution in [-0.2, 0) is 17.8 Å². The number of hydrogen-bond acceptors (Lipinski definition) is 4. The lowest BCUT2D eigenvalue weighted by Gasteiger charge is -2.19. The van der Waals surface area contributed by atoms with E-state index in [-0.39, 0.29) is 13.0 Å². The molecular formula is C22H19N3O4. The largest absolute Gasteiger partial charge is 0.472 e. The summed E-state index contributed by atoms with van der Waals surface area (Å²) < 4.78 is 6.01. The molecule has 4 aromatic rings. The molecule has 0 aliphatic rings. The van der Waals surface area contributed by atoms with Crippen molar-refractivity contribution in [2.75, 3.05) is 0 Å². The minimum Gasteiger partial charge on any atom is -0.472 e. The van der Waals surface area contributed by atoms with E-state index in [1.807, 2.05) is 30.3 Å². The molecule has 2 heterocycles. The van der Waals surface area contributed by atoms with Crippen LogP contribution in [0.1, 0.15) is 17.2 Å². The quantitative estimate of drug-likeness (QED) is 0.529. The molecular weight excluding hydrogens is 370 g/mol. The van der Waals surface area contributed by atoms with Crippen molar-refractivity contribution in [3.63, 3.8) is 0 Å². The Morgan fingerprint density at radius 1 is 1.00 bits per heavy atom. The van der Waals surface area contributed by atoms with E-state index in [0.717, 1.165) is 15.7 Å². The normalized spacial score (nSPS) is 12.0. The summed E-state index contributed by atoms with van der Waals surface area (Å²) in [5, 5.41) is 3.15. The lowest BCUT2D eigenvalue weighted by atomic mass is 10.0. The smallest absolute Gasteiger partial charge is 0.329 e. The van der Waals surface area contributed by atoms with Gasteiger partial charge in [-0.2, -0.15) is 0 Å². The van der Waals surface area contributed by atoms with Gasteiger partial charge in [0.1, 0.15) is 6.04 Å². The van der Waals surface area contributed by atoms with Crippen molar-refractivity contribution in [3.05, 3.63) is 105 Å². The van der Waals surface area contributed by atoms with Crippen molar-refractivity contribution in [2.45, 2.75) is 19.0 Å². The number of aromatic amines is 1. The molecule has 7 heteroatoms. The highest BCUT2D eigenvalue weighted by atomic mass is 16.3. The summed E-state index contributed by atoms with van der Waals surface area (Å²) in [6.45, 7) is 0.237. The summed E-state index contributed by atoms with van der Waals surface area (Å²) in [4.78, 5) is 41.5. The van der Waals surface area contributed by atoms with Crippen molar-refractivity contribution >= 4 is 16.8 Å². The topological polar surface area (TPSA) is 97.1 Å². The van der Waals surface area contributed by atoms with Gasteiger partial charge in [-0.05, 0) is 23.8 Å². The molecule has 7 nitrogen and oxygen atoms in total. The van der Waals surface area contributed by atoms with E-state index in [1.165, 1.54) is 12.5 Å². The molecule has 2 N–H and O–H groups in total. The first kappa shape index (κ1) is 18.5. The maximum absolute atomic E-state index is 13.1. The van der Waals surface area contributed by atoms with Crippen molar-refractivity contribution in [1.29, 1.82) is 0 Å². The number of nitrogens with zero attached hydrogens (tertiary/aromatic N) is 1. The number of furan rings is 1. The predicted octanol–water partition coefficient (Wildman–Crippen LogP) is 2.38. The second kappa shape index (κ2) is 8.02. The zero-order valence-corrected chi connectivity index (χ0v) is 15.5. The summed E-state index contributed by atoms with van der Waals surface area (Å²) in [6.07, 6.45) is 3.25. The van der Waals surface area contributed by atoms with E-state index in [2.05, 4.69) is 10.3 Å². The Bertz CT molecular complexity index is 1240. The number of amides is 1. The number of benzene rings is 2. The van der Waals surface area contributed by atoms with Gasteiger partial charge in [-0.15, -0.1) is 0 Å². The molecule has 0 bridgehead atoms. The molecule has 2 aromatic carbocycles. The highest BCUT2D eigenvalue weighted by Crippen LogP contribution is 2.14. The van der Waals surface area contributed by atoms with Crippen LogP contribution in [0.3, 0.4) is 0 Å². The van der Waals surface area contributed by atoms with Crippen LogP contribution in [-0.4, -0.2) is 15.5 Å². The maximum atomic E-state index is 13.1. The average molecular weight is 389 g/mol. The van der Waals surface area contributed by atoms with Crippen LogP contribution in [0.2, 0.25) is 0 Å². The van der Waals surface area contributed by atoms with E-state index >= 15 is 0 Å². The molecule has 0 saturated carbocycles. The molecule has 0 aliphatic carbocycles. The molecule has 0 unspecified atom stereocenters. The maximum Gasteiger partial charge on any atom is 0.329 e. The molecule has 2 aromatic heterocycles. The van der Waals surface area contributed by atoms with E-state index in [1.54, 1.807) is 30.3 Å². The minimum atomic E-state index is -0.995. The Morgan fingerprint density at radius 3 is 2.52 bits per heavy atom. The minimum absolute atomic E-state index is 0.208. The van der Waals surface area contributed by atoms with Crippen LogP contribution in [0, 0.1) is 0 Å². The number of para-hydroxylation sites is 1. The first-order valence-corrected chi connectivity index (χ1v) is 9.20.